The number of pyridine rings is 1. The van der Waals surface area contributed by atoms with E-state index in [-0.39, 0.29) is 15.8 Å². The highest BCUT2D eigenvalue weighted by Gasteiger charge is 2.33. The van der Waals surface area contributed by atoms with E-state index in [1.54, 1.807) is 13.8 Å². The number of nitrogens with zero attached hydrogens (tertiary/aromatic N) is 2. The van der Waals surface area contributed by atoms with Gasteiger partial charge in [0.2, 0.25) is 0 Å². The molecule has 0 spiro atoms. The second-order valence-corrected chi connectivity index (χ2v) is 7.71. The molecule has 108 valence electrons. The summed E-state index contributed by atoms with van der Waals surface area (Å²) in [7, 11) is -3.46. The van der Waals surface area contributed by atoms with Crippen molar-refractivity contribution in [2.45, 2.75) is 63.0 Å². The number of sulfone groups is 1. The molecule has 0 bridgehead atoms. The van der Waals surface area contributed by atoms with E-state index in [0.717, 1.165) is 30.5 Å². The third kappa shape index (κ3) is 2.45. The van der Waals surface area contributed by atoms with Crippen molar-refractivity contribution in [1.29, 1.82) is 5.26 Å². The maximum Gasteiger partial charge on any atom is 0.184 e. The van der Waals surface area contributed by atoms with Crippen LogP contribution in [0.1, 0.15) is 54.6 Å². The topological polar surface area (TPSA) is 70.8 Å². The zero-order valence-corrected chi connectivity index (χ0v) is 13.0. The monoisotopic (exact) mass is 292 g/mol. The quantitative estimate of drug-likeness (QED) is 0.840. The fraction of sp³-hybridized carbons (Fsp3) is 0.600. The zero-order chi connectivity index (χ0) is 14.9. The van der Waals surface area contributed by atoms with E-state index in [4.69, 9.17) is 0 Å². The van der Waals surface area contributed by atoms with Crippen molar-refractivity contribution in [2.24, 2.45) is 0 Å². The van der Waals surface area contributed by atoms with Gasteiger partial charge in [-0.25, -0.2) is 13.4 Å². The summed E-state index contributed by atoms with van der Waals surface area (Å²) in [5.41, 5.74) is 2.32. The van der Waals surface area contributed by atoms with E-state index >= 15 is 0 Å². The highest BCUT2D eigenvalue weighted by molar-refractivity contribution is 7.92. The molecule has 1 saturated carbocycles. The van der Waals surface area contributed by atoms with E-state index in [0.29, 0.717) is 18.4 Å². The molecule has 1 aliphatic rings. The first-order chi connectivity index (χ1) is 9.39. The fourth-order valence-corrected chi connectivity index (χ4v) is 5.12. The van der Waals surface area contributed by atoms with Gasteiger partial charge in [0.15, 0.2) is 15.5 Å². The molecule has 1 heterocycles. The minimum absolute atomic E-state index is 0.0520. The minimum Gasteiger partial charge on any atom is -0.241 e. The van der Waals surface area contributed by atoms with Crippen molar-refractivity contribution in [3.8, 4) is 6.07 Å². The Labute approximate surface area is 120 Å². The largest absolute Gasteiger partial charge is 0.241 e. The Morgan fingerprint density at radius 2 is 1.70 bits per heavy atom. The molecule has 1 fully saturated rings. The van der Waals surface area contributed by atoms with Crippen LogP contribution in [-0.2, 0) is 9.84 Å². The molecular weight excluding hydrogens is 272 g/mol. The molecule has 1 aliphatic carbocycles. The van der Waals surface area contributed by atoms with Gasteiger partial charge in [-0.05, 0) is 44.7 Å². The maximum absolute atomic E-state index is 12.9. The van der Waals surface area contributed by atoms with Gasteiger partial charge in [-0.15, -0.1) is 0 Å². The van der Waals surface area contributed by atoms with Crippen LogP contribution in [0.2, 0.25) is 0 Å². The number of hydrogen-bond acceptors (Lipinski definition) is 4. The Hall–Kier alpha value is -1.41. The second-order valence-electron chi connectivity index (χ2n) is 5.54. The lowest BCUT2D eigenvalue weighted by molar-refractivity contribution is 0.483. The Kier molecular flexibility index (Phi) is 4.14. The van der Waals surface area contributed by atoms with E-state index in [2.05, 4.69) is 4.98 Å². The Balaban J connectivity index is 2.62. The minimum atomic E-state index is -3.46. The summed E-state index contributed by atoms with van der Waals surface area (Å²) in [6.45, 7) is 5.44. The Bertz CT molecular complexity index is 666. The highest BCUT2D eigenvalue weighted by atomic mass is 32.2. The van der Waals surface area contributed by atoms with Crippen molar-refractivity contribution in [1.82, 2.24) is 4.98 Å². The van der Waals surface area contributed by atoms with Crippen molar-refractivity contribution in [2.75, 3.05) is 0 Å². The molecule has 0 aromatic carbocycles. The molecule has 0 amide bonds. The van der Waals surface area contributed by atoms with E-state index in [1.807, 2.05) is 13.0 Å². The number of hydrogen-bond donors (Lipinski definition) is 0. The van der Waals surface area contributed by atoms with Crippen molar-refractivity contribution < 1.29 is 8.42 Å². The van der Waals surface area contributed by atoms with Crippen LogP contribution in [0.3, 0.4) is 0 Å². The van der Waals surface area contributed by atoms with Gasteiger partial charge >= 0.3 is 0 Å². The summed E-state index contributed by atoms with van der Waals surface area (Å²) in [6.07, 6.45) is 4.38. The Morgan fingerprint density at radius 1 is 1.10 bits per heavy atom. The predicted molar refractivity (Wildman–Crippen MR) is 77.2 cm³/mol. The average Bonchev–Trinajstić information content (AvgIpc) is 2.44. The van der Waals surface area contributed by atoms with Crippen LogP contribution >= 0.6 is 0 Å². The molecular formula is C15H20N2O2S. The Morgan fingerprint density at radius 3 is 2.25 bits per heavy atom. The van der Waals surface area contributed by atoms with Gasteiger partial charge in [-0.1, -0.05) is 19.3 Å². The van der Waals surface area contributed by atoms with Crippen LogP contribution in [-0.4, -0.2) is 18.7 Å². The first-order valence-electron chi connectivity index (χ1n) is 7.01. The summed E-state index contributed by atoms with van der Waals surface area (Å²) in [6, 6.07) is 1.96. The maximum atomic E-state index is 12.9. The van der Waals surface area contributed by atoms with E-state index < -0.39 is 9.84 Å². The number of aryl methyl sites for hydroxylation is 1. The smallest absolute Gasteiger partial charge is 0.184 e. The van der Waals surface area contributed by atoms with Crippen LogP contribution in [0.4, 0.5) is 0 Å². The molecule has 0 unspecified atom stereocenters. The van der Waals surface area contributed by atoms with Crippen LogP contribution in [0.5, 0.6) is 0 Å². The molecule has 0 aliphatic heterocycles. The molecule has 5 heteroatoms. The molecule has 0 atom stereocenters. The van der Waals surface area contributed by atoms with Crippen molar-refractivity contribution in [3.63, 3.8) is 0 Å². The van der Waals surface area contributed by atoms with E-state index in [9.17, 15) is 13.7 Å². The molecule has 1 aromatic heterocycles. The molecule has 2 rings (SSSR count). The number of aromatic nitrogens is 1. The summed E-state index contributed by atoms with van der Waals surface area (Å²) >= 11 is 0. The lowest BCUT2D eigenvalue weighted by Crippen LogP contribution is -2.26. The van der Waals surface area contributed by atoms with Crippen molar-refractivity contribution >= 4 is 9.84 Å². The van der Waals surface area contributed by atoms with Crippen LogP contribution in [0, 0.1) is 32.1 Å². The van der Waals surface area contributed by atoms with Crippen LogP contribution in [0.25, 0.3) is 0 Å². The second kappa shape index (κ2) is 5.53. The summed E-state index contributed by atoms with van der Waals surface area (Å²) < 4.78 is 25.7. The van der Waals surface area contributed by atoms with Crippen molar-refractivity contribution in [3.05, 3.63) is 22.5 Å². The highest BCUT2D eigenvalue weighted by Crippen LogP contribution is 2.32. The normalized spacial score (nSPS) is 16.9. The number of nitriles is 1. The van der Waals surface area contributed by atoms with Crippen LogP contribution in [0.15, 0.2) is 4.90 Å². The predicted octanol–water partition coefficient (Wildman–Crippen LogP) is 2.98. The van der Waals surface area contributed by atoms with Gasteiger partial charge < -0.3 is 0 Å². The van der Waals surface area contributed by atoms with Gasteiger partial charge in [0, 0.05) is 5.69 Å². The molecule has 4 nitrogen and oxygen atoms in total. The molecule has 0 radical (unpaired) electrons. The molecule has 0 N–H and O–H groups in total. The van der Waals surface area contributed by atoms with Gasteiger partial charge in [-0.2, -0.15) is 5.26 Å². The summed E-state index contributed by atoms with van der Waals surface area (Å²) in [4.78, 5) is 4.33. The van der Waals surface area contributed by atoms with Gasteiger partial charge in [0.25, 0.3) is 0 Å². The molecule has 20 heavy (non-hydrogen) atoms. The molecule has 0 saturated heterocycles. The van der Waals surface area contributed by atoms with Gasteiger partial charge in [0.05, 0.1) is 5.25 Å². The number of rotatable bonds is 2. The van der Waals surface area contributed by atoms with Gasteiger partial charge in [-0.3, -0.25) is 0 Å². The SMILES string of the molecule is Cc1nc(C#N)c(S(=O)(=O)C2CCCCC2)c(C)c1C. The first kappa shape index (κ1) is 15.0. The van der Waals surface area contributed by atoms with E-state index in [1.165, 1.54) is 0 Å². The fourth-order valence-electron chi connectivity index (χ4n) is 2.89. The molecule has 1 aromatic rings. The standard InChI is InChI=1S/C15H20N2O2S/c1-10-11(2)15(14(9-16)17-12(10)3)20(18,19)13-7-5-4-6-8-13/h13H,4-8H2,1-3H3. The summed E-state index contributed by atoms with van der Waals surface area (Å²) in [5.74, 6) is 0. The van der Waals surface area contributed by atoms with Gasteiger partial charge in [0.1, 0.15) is 11.0 Å². The lowest BCUT2D eigenvalue weighted by atomic mass is 10.0. The first-order valence-corrected chi connectivity index (χ1v) is 8.56. The van der Waals surface area contributed by atoms with Crippen LogP contribution < -0.4 is 0 Å². The third-order valence-corrected chi connectivity index (χ3v) is 6.74. The lowest BCUT2D eigenvalue weighted by Gasteiger charge is -2.23. The zero-order valence-electron chi connectivity index (χ0n) is 12.2. The third-order valence-electron chi connectivity index (χ3n) is 4.32. The average molecular weight is 292 g/mol. The summed E-state index contributed by atoms with van der Waals surface area (Å²) in [5, 5.41) is 8.89.